The van der Waals surface area contributed by atoms with Gasteiger partial charge in [0.05, 0.1) is 5.92 Å². The minimum Gasteiger partial charge on any atom is -0.454 e. The Morgan fingerprint density at radius 1 is 1.07 bits per heavy atom. The molecule has 7 heteroatoms. The van der Waals surface area contributed by atoms with Crippen LogP contribution in [0.3, 0.4) is 0 Å². The summed E-state index contributed by atoms with van der Waals surface area (Å²) in [7, 11) is 0. The van der Waals surface area contributed by atoms with Crippen LogP contribution in [0.25, 0.3) is 17.5 Å². The highest BCUT2D eigenvalue weighted by atomic mass is 16.7. The van der Waals surface area contributed by atoms with E-state index in [4.69, 9.17) is 13.9 Å². The fourth-order valence-corrected chi connectivity index (χ4v) is 3.76. The maximum absolute atomic E-state index is 12.6. The Morgan fingerprint density at radius 3 is 2.83 bits per heavy atom. The van der Waals surface area contributed by atoms with Crippen molar-refractivity contribution < 1.29 is 18.7 Å². The minimum atomic E-state index is -0.000868. The molecule has 3 heterocycles. The minimum absolute atomic E-state index is 0.000868. The van der Waals surface area contributed by atoms with Gasteiger partial charge >= 0.3 is 0 Å². The molecule has 1 aromatic heterocycles. The number of rotatable bonds is 4. The van der Waals surface area contributed by atoms with Gasteiger partial charge in [-0.2, -0.15) is 0 Å². The van der Waals surface area contributed by atoms with Crippen LogP contribution in [-0.2, 0) is 4.79 Å². The molecule has 1 atom stereocenters. The lowest BCUT2D eigenvalue weighted by Gasteiger charge is -2.30. The highest BCUT2D eigenvalue weighted by Crippen LogP contribution is 2.36. The smallest absolute Gasteiger partial charge is 0.247 e. The number of fused-ring (bicyclic) bond motifs is 1. The highest BCUT2D eigenvalue weighted by Gasteiger charge is 2.28. The molecule has 0 spiro atoms. The van der Waals surface area contributed by atoms with Crippen molar-refractivity contribution >= 4 is 12.0 Å². The normalized spacial score (nSPS) is 18.1. The van der Waals surface area contributed by atoms with Crippen molar-refractivity contribution in [2.45, 2.75) is 18.8 Å². The Balaban J connectivity index is 1.27. The number of piperidine rings is 1. The molecule has 0 N–H and O–H groups in total. The number of nitrogens with zero attached hydrogens (tertiary/aromatic N) is 3. The Bertz CT molecular complexity index is 1080. The number of likely N-dealkylation sites (tertiary alicyclic amines) is 1. The molecule has 2 aliphatic rings. The molecule has 1 amide bonds. The first-order valence-electron chi connectivity index (χ1n) is 10.0. The first-order chi connectivity index (χ1) is 14.8. The first kappa shape index (κ1) is 18.4. The standard InChI is InChI=1S/C23H21N3O4/c27-21(11-8-16-5-2-1-3-6-16)26-12-4-7-18(14-26)23-25-24-22(30-23)17-9-10-19-20(13-17)29-15-28-19/h1-3,5-6,8-11,13,18H,4,7,12,14-15H2. The van der Waals surface area contributed by atoms with E-state index in [0.29, 0.717) is 29.8 Å². The third-order valence-corrected chi connectivity index (χ3v) is 5.36. The number of amides is 1. The van der Waals surface area contributed by atoms with Crippen LogP contribution in [0, 0.1) is 0 Å². The molecule has 0 radical (unpaired) electrons. The lowest BCUT2D eigenvalue weighted by molar-refractivity contribution is -0.127. The van der Waals surface area contributed by atoms with Crippen molar-refractivity contribution in [3.05, 3.63) is 66.1 Å². The van der Waals surface area contributed by atoms with Gasteiger partial charge in [-0.05, 0) is 42.7 Å². The Labute approximate surface area is 173 Å². The third-order valence-electron chi connectivity index (χ3n) is 5.36. The van der Waals surface area contributed by atoms with Gasteiger partial charge in [0.25, 0.3) is 0 Å². The fourth-order valence-electron chi connectivity index (χ4n) is 3.76. The van der Waals surface area contributed by atoms with E-state index in [2.05, 4.69) is 10.2 Å². The summed E-state index contributed by atoms with van der Waals surface area (Å²) in [6.07, 6.45) is 5.28. The number of benzene rings is 2. The van der Waals surface area contributed by atoms with Crippen molar-refractivity contribution in [1.29, 1.82) is 0 Å². The summed E-state index contributed by atoms with van der Waals surface area (Å²) in [5, 5.41) is 8.45. The molecule has 2 aromatic carbocycles. The highest BCUT2D eigenvalue weighted by molar-refractivity contribution is 5.91. The number of ether oxygens (including phenoxy) is 2. The monoisotopic (exact) mass is 403 g/mol. The molecular weight excluding hydrogens is 382 g/mol. The van der Waals surface area contributed by atoms with Gasteiger partial charge in [-0.25, -0.2) is 0 Å². The summed E-state index contributed by atoms with van der Waals surface area (Å²) in [4.78, 5) is 14.5. The van der Waals surface area contributed by atoms with Crippen LogP contribution in [0.1, 0.15) is 30.2 Å². The summed E-state index contributed by atoms with van der Waals surface area (Å²) in [5.41, 5.74) is 1.79. The summed E-state index contributed by atoms with van der Waals surface area (Å²) in [6, 6.07) is 15.3. The Morgan fingerprint density at radius 2 is 1.93 bits per heavy atom. The zero-order chi connectivity index (χ0) is 20.3. The van der Waals surface area contributed by atoms with Crippen LogP contribution in [0.4, 0.5) is 0 Å². The lowest BCUT2D eigenvalue weighted by Crippen LogP contribution is -2.38. The summed E-state index contributed by atoms with van der Waals surface area (Å²) in [5.74, 6) is 2.42. The molecule has 0 bridgehead atoms. The molecular formula is C23H21N3O4. The summed E-state index contributed by atoms with van der Waals surface area (Å²) in [6.45, 7) is 1.52. The van der Waals surface area contributed by atoms with Crippen LogP contribution in [0.2, 0.25) is 0 Å². The average Bonchev–Trinajstić information content (AvgIpc) is 3.47. The third kappa shape index (κ3) is 3.78. The van der Waals surface area contributed by atoms with E-state index in [-0.39, 0.29) is 18.6 Å². The molecule has 5 rings (SSSR count). The maximum atomic E-state index is 12.6. The van der Waals surface area contributed by atoms with Gasteiger partial charge in [-0.15, -0.1) is 10.2 Å². The number of carbonyl (C=O) groups is 1. The molecule has 3 aromatic rings. The zero-order valence-corrected chi connectivity index (χ0v) is 16.4. The van der Waals surface area contributed by atoms with Crippen molar-refractivity contribution in [3.63, 3.8) is 0 Å². The van der Waals surface area contributed by atoms with Crippen LogP contribution >= 0.6 is 0 Å². The van der Waals surface area contributed by atoms with E-state index in [1.54, 1.807) is 6.08 Å². The van der Waals surface area contributed by atoms with Crippen LogP contribution in [0.5, 0.6) is 11.5 Å². The van der Waals surface area contributed by atoms with Crippen molar-refractivity contribution in [2.24, 2.45) is 0 Å². The SMILES string of the molecule is O=C(C=Cc1ccccc1)N1CCCC(c2nnc(-c3ccc4c(c3)OCO4)o2)C1. The molecule has 1 saturated heterocycles. The average molecular weight is 403 g/mol. The second-order valence-electron chi connectivity index (χ2n) is 7.38. The predicted molar refractivity (Wildman–Crippen MR) is 110 cm³/mol. The first-order valence-corrected chi connectivity index (χ1v) is 10.0. The van der Waals surface area contributed by atoms with E-state index in [1.807, 2.05) is 59.5 Å². The lowest BCUT2D eigenvalue weighted by atomic mass is 9.98. The molecule has 0 saturated carbocycles. The van der Waals surface area contributed by atoms with E-state index in [1.165, 1.54) is 0 Å². The molecule has 0 aliphatic carbocycles. The number of carbonyl (C=O) groups excluding carboxylic acids is 1. The summed E-state index contributed by atoms with van der Waals surface area (Å²) < 4.78 is 16.7. The van der Waals surface area contributed by atoms with Crippen LogP contribution < -0.4 is 9.47 Å². The van der Waals surface area contributed by atoms with Crippen molar-refractivity contribution in [1.82, 2.24) is 15.1 Å². The van der Waals surface area contributed by atoms with Gasteiger partial charge in [-0.1, -0.05) is 30.3 Å². The largest absolute Gasteiger partial charge is 0.454 e. The maximum Gasteiger partial charge on any atom is 0.247 e. The fraction of sp³-hybridized carbons (Fsp3) is 0.261. The van der Waals surface area contributed by atoms with E-state index >= 15 is 0 Å². The van der Waals surface area contributed by atoms with Gasteiger partial charge in [0.15, 0.2) is 11.5 Å². The molecule has 7 nitrogen and oxygen atoms in total. The second-order valence-corrected chi connectivity index (χ2v) is 7.38. The Kier molecular flexibility index (Phi) is 4.93. The number of hydrogen-bond acceptors (Lipinski definition) is 6. The van der Waals surface area contributed by atoms with Crippen molar-refractivity contribution in [2.75, 3.05) is 19.9 Å². The van der Waals surface area contributed by atoms with Crippen LogP contribution in [0.15, 0.2) is 59.0 Å². The van der Waals surface area contributed by atoms with E-state index in [9.17, 15) is 4.79 Å². The van der Waals surface area contributed by atoms with E-state index < -0.39 is 0 Å². The molecule has 1 unspecified atom stereocenters. The van der Waals surface area contributed by atoms with Gasteiger partial charge in [0.1, 0.15) is 0 Å². The van der Waals surface area contributed by atoms with Gasteiger partial charge in [-0.3, -0.25) is 4.79 Å². The number of aromatic nitrogens is 2. The second kappa shape index (κ2) is 8.02. The quantitative estimate of drug-likeness (QED) is 0.615. The van der Waals surface area contributed by atoms with Gasteiger partial charge in [0.2, 0.25) is 24.5 Å². The zero-order valence-electron chi connectivity index (χ0n) is 16.4. The topological polar surface area (TPSA) is 77.7 Å². The van der Waals surface area contributed by atoms with Crippen molar-refractivity contribution in [3.8, 4) is 23.0 Å². The Hall–Kier alpha value is -3.61. The van der Waals surface area contributed by atoms with Crippen LogP contribution in [-0.4, -0.2) is 40.9 Å². The molecule has 1 fully saturated rings. The van der Waals surface area contributed by atoms with Gasteiger partial charge < -0.3 is 18.8 Å². The van der Waals surface area contributed by atoms with Gasteiger partial charge in [0, 0.05) is 24.7 Å². The summed E-state index contributed by atoms with van der Waals surface area (Å²) >= 11 is 0. The predicted octanol–water partition coefficient (Wildman–Crippen LogP) is 3.88. The molecule has 2 aliphatic heterocycles. The van der Waals surface area contributed by atoms with E-state index in [0.717, 1.165) is 30.5 Å². The molecule has 152 valence electrons. The number of hydrogen-bond donors (Lipinski definition) is 0. The molecule has 30 heavy (non-hydrogen) atoms.